The minimum Gasteiger partial charge on any atom is -0.395 e. The zero-order chi connectivity index (χ0) is 10.7. The molecule has 88 valence electrons. The first-order chi connectivity index (χ1) is 7.31. The lowest BCUT2D eigenvalue weighted by molar-refractivity contribution is 0.0295. The summed E-state index contributed by atoms with van der Waals surface area (Å²) in [6.07, 6.45) is 3.17. The van der Waals surface area contributed by atoms with Crippen molar-refractivity contribution in [3.63, 3.8) is 0 Å². The number of β-amino-alcohol motifs (C(OH)–C–C–N with tert-alkyl or cyclic N) is 1. The number of likely N-dealkylation sites (tertiary alicyclic amines) is 1. The molecule has 4 heteroatoms. The largest absolute Gasteiger partial charge is 0.395 e. The quantitative estimate of drug-likeness (QED) is 0.694. The molecule has 2 aliphatic rings. The number of aliphatic hydroxyl groups is 1. The summed E-state index contributed by atoms with van der Waals surface area (Å²) < 4.78 is 0. The highest BCUT2D eigenvalue weighted by Gasteiger charge is 2.30. The van der Waals surface area contributed by atoms with Gasteiger partial charge in [0.15, 0.2) is 0 Å². The first-order valence-electron chi connectivity index (χ1n) is 6.09. The van der Waals surface area contributed by atoms with Crippen LogP contribution >= 0.6 is 0 Å². The highest BCUT2D eigenvalue weighted by Crippen LogP contribution is 2.21. The molecule has 0 aromatic heterocycles. The predicted molar refractivity (Wildman–Crippen MR) is 60.8 cm³/mol. The Balaban J connectivity index is 1.86. The summed E-state index contributed by atoms with van der Waals surface area (Å²) in [6, 6.07) is 0. The van der Waals surface area contributed by atoms with E-state index in [2.05, 4.69) is 21.7 Å². The number of aliphatic hydroxyl groups excluding tert-OH is 1. The summed E-state index contributed by atoms with van der Waals surface area (Å²) >= 11 is 0. The summed E-state index contributed by atoms with van der Waals surface area (Å²) in [6.45, 7) is 7.04. The van der Waals surface area contributed by atoms with Crippen LogP contribution < -0.4 is 0 Å². The van der Waals surface area contributed by atoms with Gasteiger partial charge in [-0.3, -0.25) is 9.80 Å². The molecule has 0 aromatic rings. The molecule has 2 fully saturated rings. The topological polar surface area (TPSA) is 30.0 Å². The van der Waals surface area contributed by atoms with Crippen LogP contribution in [0.5, 0.6) is 0 Å². The van der Waals surface area contributed by atoms with E-state index in [0.29, 0.717) is 12.8 Å². The summed E-state index contributed by atoms with van der Waals surface area (Å²) in [5.74, 6) is 0. The number of hydrogen-bond acceptors (Lipinski definition) is 4. The monoisotopic (exact) mass is 213 g/mol. The third kappa shape index (κ3) is 2.69. The van der Waals surface area contributed by atoms with Crippen molar-refractivity contribution in [2.24, 2.45) is 0 Å². The van der Waals surface area contributed by atoms with Crippen LogP contribution in [-0.4, -0.2) is 78.9 Å². The summed E-state index contributed by atoms with van der Waals surface area (Å²) in [7, 11) is 2.19. The van der Waals surface area contributed by atoms with Gasteiger partial charge in [-0.2, -0.15) is 0 Å². The normalized spacial score (nSPS) is 31.2. The van der Waals surface area contributed by atoms with Crippen molar-refractivity contribution in [3.05, 3.63) is 0 Å². The Morgan fingerprint density at radius 1 is 1.13 bits per heavy atom. The van der Waals surface area contributed by atoms with Gasteiger partial charge in [-0.05, 0) is 26.4 Å². The molecule has 0 radical (unpaired) electrons. The van der Waals surface area contributed by atoms with Gasteiger partial charge < -0.3 is 10.0 Å². The summed E-state index contributed by atoms with van der Waals surface area (Å²) in [5, 5.41) is 9.02. The first-order valence-corrected chi connectivity index (χ1v) is 6.09. The fraction of sp³-hybridized carbons (Fsp3) is 1.00. The highest BCUT2D eigenvalue weighted by molar-refractivity contribution is 4.82. The van der Waals surface area contributed by atoms with Gasteiger partial charge in [0.05, 0.1) is 12.8 Å². The zero-order valence-electron chi connectivity index (χ0n) is 9.73. The first kappa shape index (κ1) is 11.3. The van der Waals surface area contributed by atoms with Gasteiger partial charge in [-0.25, -0.2) is 0 Å². The van der Waals surface area contributed by atoms with Crippen LogP contribution in [0.4, 0.5) is 0 Å². The van der Waals surface area contributed by atoms with E-state index in [1.165, 1.54) is 39.0 Å². The van der Waals surface area contributed by atoms with Crippen LogP contribution in [0.2, 0.25) is 0 Å². The third-order valence-corrected chi connectivity index (χ3v) is 3.68. The average Bonchev–Trinajstić information content (AvgIpc) is 2.68. The number of hydrogen-bond donors (Lipinski definition) is 1. The van der Waals surface area contributed by atoms with Gasteiger partial charge in [0.25, 0.3) is 0 Å². The molecule has 1 N–H and O–H groups in total. The van der Waals surface area contributed by atoms with E-state index >= 15 is 0 Å². The number of likely N-dealkylation sites (N-methyl/N-ethyl adjacent to an activating group) is 1. The molecule has 0 amide bonds. The van der Waals surface area contributed by atoms with E-state index in [9.17, 15) is 0 Å². The SMILES string of the molecule is CN1CCN(C2CCCN2CCO)CC1. The third-order valence-electron chi connectivity index (χ3n) is 3.68. The minimum absolute atomic E-state index is 0.296. The Bertz CT molecular complexity index is 192. The van der Waals surface area contributed by atoms with E-state index in [1.807, 2.05) is 0 Å². The Morgan fingerprint density at radius 2 is 1.87 bits per heavy atom. The van der Waals surface area contributed by atoms with Crippen LogP contribution in [0.15, 0.2) is 0 Å². The minimum atomic E-state index is 0.296. The zero-order valence-corrected chi connectivity index (χ0v) is 9.73. The van der Waals surface area contributed by atoms with Gasteiger partial charge >= 0.3 is 0 Å². The Labute approximate surface area is 92.5 Å². The number of piperazine rings is 1. The molecule has 0 bridgehead atoms. The highest BCUT2D eigenvalue weighted by atomic mass is 16.3. The lowest BCUT2D eigenvalue weighted by Gasteiger charge is -2.40. The maximum atomic E-state index is 9.02. The second-order valence-electron chi connectivity index (χ2n) is 4.72. The number of nitrogens with zero attached hydrogens (tertiary/aromatic N) is 3. The molecule has 0 aliphatic carbocycles. The van der Waals surface area contributed by atoms with Gasteiger partial charge in [-0.1, -0.05) is 0 Å². The van der Waals surface area contributed by atoms with E-state index in [4.69, 9.17) is 5.11 Å². The predicted octanol–water partition coefficient (Wildman–Crippen LogP) is -0.352. The Hall–Kier alpha value is -0.160. The molecule has 2 rings (SSSR count). The Kier molecular flexibility index (Phi) is 3.97. The van der Waals surface area contributed by atoms with Gasteiger partial charge in [0.1, 0.15) is 0 Å². The molecular formula is C11H23N3O. The maximum Gasteiger partial charge on any atom is 0.0624 e. The van der Waals surface area contributed by atoms with Gasteiger partial charge in [-0.15, -0.1) is 0 Å². The average molecular weight is 213 g/mol. The van der Waals surface area contributed by atoms with Crippen LogP contribution in [0, 0.1) is 0 Å². The Morgan fingerprint density at radius 3 is 2.53 bits per heavy atom. The summed E-state index contributed by atoms with van der Waals surface area (Å²) in [4.78, 5) is 7.41. The molecule has 0 saturated carbocycles. The van der Waals surface area contributed by atoms with Crippen LogP contribution in [0.25, 0.3) is 0 Å². The van der Waals surface area contributed by atoms with Gasteiger partial charge in [0, 0.05) is 32.7 Å². The molecule has 2 heterocycles. The second kappa shape index (κ2) is 5.25. The van der Waals surface area contributed by atoms with E-state index in [1.54, 1.807) is 0 Å². The van der Waals surface area contributed by atoms with Crippen LogP contribution in [0.3, 0.4) is 0 Å². The fourth-order valence-electron chi connectivity index (χ4n) is 2.73. The molecule has 0 aromatic carbocycles. The fourth-order valence-corrected chi connectivity index (χ4v) is 2.73. The maximum absolute atomic E-state index is 9.02. The van der Waals surface area contributed by atoms with E-state index in [-0.39, 0.29) is 0 Å². The molecule has 15 heavy (non-hydrogen) atoms. The van der Waals surface area contributed by atoms with Crippen molar-refractivity contribution in [2.45, 2.75) is 19.0 Å². The standard InChI is InChI=1S/C11H23N3O/c1-12-5-7-14(8-6-12)11-3-2-4-13(11)9-10-15/h11,15H,2-10H2,1H3. The van der Waals surface area contributed by atoms with Crippen molar-refractivity contribution in [1.82, 2.24) is 14.7 Å². The lowest BCUT2D eigenvalue weighted by atomic mass is 10.2. The molecule has 1 unspecified atom stereocenters. The molecule has 4 nitrogen and oxygen atoms in total. The lowest BCUT2D eigenvalue weighted by Crippen LogP contribution is -2.53. The van der Waals surface area contributed by atoms with Gasteiger partial charge in [0.2, 0.25) is 0 Å². The molecular weight excluding hydrogens is 190 g/mol. The molecule has 2 aliphatic heterocycles. The van der Waals surface area contributed by atoms with Crippen molar-refractivity contribution < 1.29 is 5.11 Å². The van der Waals surface area contributed by atoms with Crippen LogP contribution in [-0.2, 0) is 0 Å². The summed E-state index contributed by atoms with van der Waals surface area (Å²) in [5.41, 5.74) is 0. The number of rotatable bonds is 3. The second-order valence-corrected chi connectivity index (χ2v) is 4.72. The van der Waals surface area contributed by atoms with Crippen LogP contribution in [0.1, 0.15) is 12.8 Å². The van der Waals surface area contributed by atoms with Crippen molar-refractivity contribution in [1.29, 1.82) is 0 Å². The van der Waals surface area contributed by atoms with Crippen molar-refractivity contribution in [3.8, 4) is 0 Å². The van der Waals surface area contributed by atoms with Crippen molar-refractivity contribution >= 4 is 0 Å². The molecule has 0 spiro atoms. The van der Waals surface area contributed by atoms with Crippen molar-refractivity contribution in [2.75, 3.05) is 52.9 Å². The van der Waals surface area contributed by atoms with E-state index < -0.39 is 0 Å². The molecule has 2 saturated heterocycles. The van der Waals surface area contributed by atoms with E-state index in [0.717, 1.165) is 13.1 Å². The molecule has 1 atom stereocenters. The smallest absolute Gasteiger partial charge is 0.0624 e.